The van der Waals surface area contributed by atoms with Crippen molar-refractivity contribution in [2.45, 2.75) is 13.0 Å². The van der Waals surface area contributed by atoms with E-state index in [-0.39, 0.29) is 18.4 Å². The van der Waals surface area contributed by atoms with E-state index in [4.69, 9.17) is 27.9 Å². The molecule has 1 atom stereocenters. The minimum atomic E-state index is -0.538. The van der Waals surface area contributed by atoms with Gasteiger partial charge in [0.1, 0.15) is 5.75 Å². The molecule has 2 amide bonds. The van der Waals surface area contributed by atoms with Gasteiger partial charge in [-0.05, 0) is 56.4 Å². The van der Waals surface area contributed by atoms with Crippen LogP contribution < -0.4 is 15.4 Å². The van der Waals surface area contributed by atoms with Crippen LogP contribution in [0.3, 0.4) is 0 Å². The van der Waals surface area contributed by atoms with Crippen LogP contribution in [0.5, 0.6) is 5.75 Å². The number of halogens is 2. The van der Waals surface area contributed by atoms with Gasteiger partial charge in [-0.1, -0.05) is 23.2 Å². The average molecular weight is 410 g/mol. The number of nitrogens with one attached hydrogen (secondary N) is 2. The Hall–Kier alpha value is -2.28. The minimum absolute atomic E-state index is 0.0525. The molecule has 0 aliphatic rings. The molecule has 27 heavy (non-hydrogen) atoms. The van der Waals surface area contributed by atoms with E-state index in [9.17, 15) is 9.59 Å². The van der Waals surface area contributed by atoms with Gasteiger partial charge < -0.3 is 15.4 Å². The Balaban J connectivity index is 1.90. The third kappa shape index (κ3) is 6.43. The van der Waals surface area contributed by atoms with Crippen molar-refractivity contribution in [1.29, 1.82) is 0 Å². The van der Waals surface area contributed by atoms with Crippen LogP contribution in [0.25, 0.3) is 0 Å². The summed E-state index contributed by atoms with van der Waals surface area (Å²) in [5, 5.41) is 6.38. The van der Waals surface area contributed by atoms with Crippen LogP contribution in [0.2, 0.25) is 10.0 Å². The lowest BCUT2D eigenvalue weighted by molar-refractivity contribution is -0.122. The number of carbonyl (C=O) groups is 2. The van der Waals surface area contributed by atoms with Gasteiger partial charge in [0, 0.05) is 21.4 Å². The molecule has 0 bridgehead atoms. The Morgan fingerprint density at radius 1 is 1.04 bits per heavy atom. The van der Waals surface area contributed by atoms with Gasteiger partial charge in [-0.2, -0.15) is 0 Å². The van der Waals surface area contributed by atoms with Gasteiger partial charge in [0.25, 0.3) is 0 Å². The van der Waals surface area contributed by atoms with Crippen molar-refractivity contribution in [3.63, 3.8) is 0 Å². The van der Waals surface area contributed by atoms with Crippen molar-refractivity contribution in [1.82, 2.24) is 4.90 Å². The Bertz CT molecular complexity index is 792. The molecule has 0 saturated heterocycles. The first-order chi connectivity index (χ1) is 12.8. The van der Waals surface area contributed by atoms with Gasteiger partial charge in [-0.25, -0.2) is 0 Å². The second-order valence-corrected chi connectivity index (χ2v) is 6.89. The van der Waals surface area contributed by atoms with E-state index < -0.39 is 6.04 Å². The molecule has 0 heterocycles. The van der Waals surface area contributed by atoms with Crippen LogP contribution in [0, 0.1) is 0 Å². The van der Waals surface area contributed by atoms with Crippen LogP contribution in [0.1, 0.15) is 6.92 Å². The molecule has 2 aromatic carbocycles. The quantitative estimate of drug-likeness (QED) is 0.727. The Labute approximate surface area is 168 Å². The van der Waals surface area contributed by atoms with Crippen molar-refractivity contribution in [3.8, 4) is 5.75 Å². The molecule has 0 radical (unpaired) electrons. The van der Waals surface area contributed by atoms with Crippen molar-refractivity contribution >= 4 is 46.4 Å². The summed E-state index contributed by atoms with van der Waals surface area (Å²) in [4.78, 5) is 26.2. The number of ether oxygens (including phenoxy) is 1. The van der Waals surface area contributed by atoms with Crippen molar-refractivity contribution in [2.24, 2.45) is 0 Å². The van der Waals surface area contributed by atoms with Crippen LogP contribution in [-0.4, -0.2) is 43.5 Å². The van der Waals surface area contributed by atoms with Crippen molar-refractivity contribution in [3.05, 3.63) is 52.5 Å². The summed E-state index contributed by atoms with van der Waals surface area (Å²) in [5.41, 5.74) is 1.15. The van der Waals surface area contributed by atoms with Crippen LogP contribution in [0.15, 0.2) is 42.5 Å². The first-order valence-electron chi connectivity index (χ1n) is 8.19. The average Bonchev–Trinajstić information content (AvgIpc) is 2.60. The number of methoxy groups -OCH3 is 1. The van der Waals surface area contributed by atoms with Gasteiger partial charge in [-0.3, -0.25) is 14.5 Å². The van der Waals surface area contributed by atoms with E-state index in [1.807, 2.05) is 0 Å². The molecule has 8 heteroatoms. The maximum atomic E-state index is 12.4. The number of likely N-dealkylation sites (N-methyl/N-ethyl adjacent to an activating group) is 1. The van der Waals surface area contributed by atoms with Gasteiger partial charge in [0.2, 0.25) is 11.8 Å². The molecule has 0 aromatic heterocycles. The summed E-state index contributed by atoms with van der Waals surface area (Å²) in [5.74, 6) is 0.206. The van der Waals surface area contributed by atoms with E-state index in [1.54, 1.807) is 68.4 Å². The number of carbonyl (C=O) groups excluding carboxylic acids is 2. The second kappa shape index (κ2) is 9.60. The molecular formula is C19H21Cl2N3O3. The summed E-state index contributed by atoms with van der Waals surface area (Å²) in [6.45, 7) is 1.76. The van der Waals surface area contributed by atoms with E-state index in [1.165, 1.54) is 0 Å². The number of amides is 2. The van der Waals surface area contributed by atoms with Crippen LogP contribution in [0.4, 0.5) is 11.4 Å². The highest BCUT2D eigenvalue weighted by Crippen LogP contribution is 2.22. The SMILES string of the molecule is COc1ccc(NC(=O)CN(C)[C@H](C)C(=O)Nc2cc(Cl)cc(Cl)c2)cc1. The first kappa shape index (κ1) is 21.0. The van der Waals surface area contributed by atoms with E-state index in [2.05, 4.69) is 10.6 Å². The number of anilines is 2. The number of nitrogens with zero attached hydrogens (tertiary/aromatic N) is 1. The minimum Gasteiger partial charge on any atom is -0.497 e. The lowest BCUT2D eigenvalue weighted by atomic mass is 10.2. The maximum Gasteiger partial charge on any atom is 0.241 e. The highest BCUT2D eigenvalue weighted by atomic mass is 35.5. The topological polar surface area (TPSA) is 70.7 Å². The predicted octanol–water partition coefficient (Wildman–Crippen LogP) is 3.90. The first-order valence-corrected chi connectivity index (χ1v) is 8.95. The Kier molecular flexibility index (Phi) is 7.47. The summed E-state index contributed by atoms with van der Waals surface area (Å²) in [6, 6.07) is 11.3. The summed E-state index contributed by atoms with van der Waals surface area (Å²) in [6.07, 6.45) is 0. The molecule has 2 aromatic rings. The fourth-order valence-corrected chi connectivity index (χ4v) is 2.84. The molecule has 0 aliphatic heterocycles. The normalized spacial score (nSPS) is 11.8. The standard InChI is InChI=1S/C19H21Cl2N3O3/c1-12(19(26)23-16-9-13(20)8-14(21)10-16)24(2)11-18(25)22-15-4-6-17(27-3)7-5-15/h4-10,12H,11H2,1-3H3,(H,22,25)(H,23,26)/t12-/m1/s1. The third-order valence-electron chi connectivity index (χ3n) is 3.94. The molecule has 0 fully saturated rings. The zero-order chi connectivity index (χ0) is 20.0. The van der Waals surface area contributed by atoms with Crippen molar-refractivity contribution < 1.29 is 14.3 Å². The molecule has 2 N–H and O–H groups in total. The molecule has 0 unspecified atom stereocenters. The number of benzene rings is 2. The third-order valence-corrected chi connectivity index (χ3v) is 4.37. The van der Waals surface area contributed by atoms with Crippen LogP contribution >= 0.6 is 23.2 Å². The molecule has 0 saturated carbocycles. The van der Waals surface area contributed by atoms with E-state index >= 15 is 0 Å². The van der Waals surface area contributed by atoms with E-state index in [0.29, 0.717) is 27.2 Å². The lowest BCUT2D eigenvalue weighted by Crippen LogP contribution is -2.43. The summed E-state index contributed by atoms with van der Waals surface area (Å²) in [7, 11) is 3.27. The van der Waals surface area contributed by atoms with Crippen LogP contribution in [-0.2, 0) is 9.59 Å². The summed E-state index contributed by atoms with van der Waals surface area (Å²) >= 11 is 11.9. The second-order valence-electron chi connectivity index (χ2n) is 6.02. The Morgan fingerprint density at radius 2 is 1.63 bits per heavy atom. The van der Waals surface area contributed by atoms with E-state index in [0.717, 1.165) is 0 Å². The highest BCUT2D eigenvalue weighted by Gasteiger charge is 2.20. The zero-order valence-electron chi connectivity index (χ0n) is 15.3. The number of rotatable bonds is 7. The zero-order valence-corrected chi connectivity index (χ0v) is 16.8. The lowest BCUT2D eigenvalue weighted by Gasteiger charge is -2.23. The summed E-state index contributed by atoms with van der Waals surface area (Å²) < 4.78 is 5.08. The molecule has 144 valence electrons. The van der Waals surface area contributed by atoms with Gasteiger partial charge >= 0.3 is 0 Å². The molecular weight excluding hydrogens is 389 g/mol. The Morgan fingerprint density at radius 3 is 2.19 bits per heavy atom. The number of hydrogen-bond donors (Lipinski definition) is 2. The maximum absolute atomic E-state index is 12.4. The van der Waals surface area contributed by atoms with Crippen molar-refractivity contribution in [2.75, 3.05) is 31.3 Å². The highest BCUT2D eigenvalue weighted by molar-refractivity contribution is 6.35. The predicted molar refractivity (Wildman–Crippen MR) is 109 cm³/mol. The smallest absolute Gasteiger partial charge is 0.241 e. The molecule has 0 spiro atoms. The van der Waals surface area contributed by atoms with Gasteiger partial charge in [-0.15, -0.1) is 0 Å². The molecule has 6 nitrogen and oxygen atoms in total. The van der Waals surface area contributed by atoms with Gasteiger partial charge in [0.05, 0.1) is 19.7 Å². The monoisotopic (exact) mass is 409 g/mol. The fraction of sp³-hybridized carbons (Fsp3) is 0.263. The molecule has 0 aliphatic carbocycles. The fourth-order valence-electron chi connectivity index (χ4n) is 2.31. The number of hydrogen-bond acceptors (Lipinski definition) is 4. The van der Waals surface area contributed by atoms with Gasteiger partial charge in [0.15, 0.2) is 0 Å². The molecule has 2 rings (SSSR count). The largest absolute Gasteiger partial charge is 0.497 e.